The lowest BCUT2D eigenvalue weighted by Gasteiger charge is -2.27. The van der Waals surface area contributed by atoms with E-state index < -0.39 is 11.9 Å². The highest BCUT2D eigenvalue weighted by Gasteiger charge is 2.35. The van der Waals surface area contributed by atoms with Crippen LogP contribution in [0, 0.1) is 0 Å². The Labute approximate surface area is 235 Å². The molecule has 2 aliphatic heterocycles. The van der Waals surface area contributed by atoms with Gasteiger partial charge < -0.3 is 23.7 Å². The van der Waals surface area contributed by atoms with E-state index in [1.54, 1.807) is 0 Å². The molecule has 7 heteroatoms. The minimum Gasteiger partial charge on any atom is -0.507 e. The van der Waals surface area contributed by atoms with E-state index in [4.69, 9.17) is 18.6 Å². The zero-order valence-electron chi connectivity index (χ0n) is 22.1. The fourth-order valence-corrected chi connectivity index (χ4v) is 5.79. The summed E-state index contributed by atoms with van der Waals surface area (Å²) in [6, 6.07) is 24.2. The van der Waals surface area contributed by atoms with Crippen molar-refractivity contribution in [3.8, 4) is 34.1 Å². The molecule has 0 fully saturated rings. The predicted molar refractivity (Wildman–Crippen MR) is 153 cm³/mol. The van der Waals surface area contributed by atoms with Gasteiger partial charge in [-0.3, -0.25) is 9.59 Å². The molecule has 1 aromatic heterocycles. The van der Waals surface area contributed by atoms with Crippen LogP contribution in [0.1, 0.15) is 34.6 Å². The SMILES string of the molecule is O=C1CC(c2ccccc2OCCc2ccc3c(c2)CCO3)c2c(cc(O)c3c(=O)c(-c4ccccc4)coc23)O1. The van der Waals surface area contributed by atoms with E-state index in [1.165, 1.54) is 17.9 Å². The van der Waals surface area contributed by atoms with E-state index in [-0.39, 0.29) is 34.3 Å². The van der Waals surface area contributed by atoms with Crippen LogP contribution in [0.15, 0.2) is 94.3 Å². The summed E-state index contributed by atoms with van der Waals surface area (Å²) in [5.41, 5.74) is 4.52. The van der Waals surface area contributed by atoms with Crippen LogP contribution in [0.3, 0.4) is 0 Å². The first-order chi connectivity index (χ1) is 20.1. The van der Waals surface area contributed by atoms with Crippen molar-refractivity contribution in [1.82, 2.24) is 0 Å². The third kappa shape index (κ3) is 4.49. The molecule has 3 heterocycles. The predicted octanol–water partition coefficient (Wildman–Crippen LogP) is 6.16. The summed E-state index contributed by atoms with van der Waals surface area (Å²) >= 11 is 0. The number of carbonyl (C=O) groups excluding carboxylic acids is 1. The highest BCUT2D eigenvalue weighted by Crippen LogP contribution is 2.47. The van der Waals surface area contributed by atoms with Gasteiger partial charge in [-0.2, -0.15) is 0 Å². The molecule has 0 saturated carbocycles. The molecule has 5 aromatic rings. The molecule has 7 nitrogen and oxygen atoms in total. The number of benzene rings is 4. The number of ether oxygens (including phenoxy) is 3. The average molecular weight is 547 g/mol. The molecule has 1 unspecified atom stereocenters. The summed E-state index contributed by atoms with van der Waals surface area (Å²) in [5, 5.41) is 10.9. The van der Waals surface area contributed by atoms with E-state index in [9.17, 15) is 14.7 Å². The zero-order valence-corrected chi connectivity index (χ0v) is 22.1. The van der Waals surface area contributed by atoms with Crippen molar-refractivity contribution in [3.63, 3.8) is 0 Å². The maximum absolute atomic E-state index is 13.6. The maximum atomic E-state index is 13.6. The molecular formula is C34H26O7. The molecule has 0 amide bonds. The quantitative estimate of drug-likeness (QED) is 0.201. The molecule has 4 aromatic carbocycles. The molecular weight excluding hydrogens is 520 g/mol. The zero-order chi connectivity index (χ0) is 27.9. The second-order valence-corrected chi connectivity index (χ2v) is 10.3. The molecule has 41 heavy (non-hydrogen) atoms. The highest BCUT2D eigenvalue weighted by molar-refractivity contribution is 5.94. The van der Waals surface area contributed by atoms with Crippen molar-refractivity contribution >= 4 is 16.9 Å². The average Bonchev–Trinajstić information content (AvgIpc) is 3.45. The number of para-hydroxylation sites is 1. The second-order valence-electron chi connectivity index (χ2n) is 10.3. The minimum atomic E-state index is -0.506. The first-order valence-corrected chi connectivity index (χ1v) is 13.6. The number of esters is 1. The minimum absolute atomic E-state index is 0.0300. The Bertz CT molecular complexity index is 1860. The summed E-state index contributed by atoms with van der Waals surface area (Å²) in [7, 11) is 0. The molecule has 1 atom stereocenters. The van der Waals surface area contributed by atoms with Crippen molar-refractivity contribution < 1.29 is 28.5 Å². The Kier molecular flexibility index (Phi) is 6.19. The van der Waals surface area contributed by atoms with Crippen LogP contribution in [-0.2, 0) is 17.6 Å². The van der Waals surface area contributed by atoms with E-state index >= 15 is 0 Å². The van der Waals surface area contributed by atoms with Crippen LogP contribution in [0.4, 0.5) is 0 Å². The number of phenolic OH excluding ortho intramolecular Hbond substituents is 1. The van der Waals surface area contributed by atoms with Gasteiger partial charge in [0, 0.05) is 36.0 Å². The molecule has 1 N–H and O–H groups in total. The molecule has 2 aliphatic rings. The van der Waals surface area contributed by atoms with E-state index in [0.717, 1.165) is 23.3 Å². The van der Waals surface area contributed by atoms with Crippen LogP contribution < -0.4 is 19.6 Å². The van der Waals surface area contributed by atoms with Crippen molar-refractivity contribution in [3.05, 3.63) is 118 Å². The summed E-state index contributed by atoms with van der Waals surface area (Å²) in [6.07, 6.45) is 3.05. The van der Waals surface area contributed by atoms with Crippen LogP contribution >= 0.6 is 0 Å². The lowest BCUT2D eigenvalue weighted by Crippen LogP contribution is -2.22. The number of phenols is 1. The third-order valence-electron chi connectivity index (χ3n) is 7.75. The van der Waals surface area contributed by atoms with Gasteiger partial charge in [0.05, 0.1) is 25.2 Å². The fraction of sp³-hybridized carbons (Fsp3) is 0.176. The Morgan fingerprint density at radius 1 is 0.927 bits per heavy atom. The third-order valence-corrected chi connectivity index (χ3v) is 7.75. The summed E-state index contributed by atoms with van der Waals surface area (Å²) in [5.74, 6) is 0.494. The molecule has 0 bridgehead atoms. The van der Waals surface area contributed by atoms with Gasteiger partial charge in [-0.25, -0.2) is 0 Å². The molecule has 0 spiro atoms. The van der Waals surface area contributed by atoms with Crippen molar-refractivity contribution in [2.75, 3.05) is 13.2 Å². The lowest BCUT2D eigenvalue weighted by molar-refractivity contribution is -0.135. The normalized spacial score (nSPS) is 15.6. The summed E-state index contributed by atoms with van der Waals surface area (Å²) in [4.78, 5) is 26.3. The molecule has 0 saturated heterocycles. The summed E-state index contributed by atoms with van der Waals surface area (Å²) in [6.45, 7) is 1.15. The van der Waals surface area contributed by atoms with Gasteiger partial charge in [-0.05, 0) is 28.8 Å². The van der Waals surface area contributed by atoms with Crippen LogP contribution in [0.2, 0.25) is 0 Å². The van der Waals surface area contributed by atoms with E-state index in [0.29, 0.717) is 42.1 Å². The Balaban J connectivity index is 1.26. The standard InChI is InChI=1S/C34H26O7/c35-26-18-29-31(34-32(26)33(37)25(19-40-34)21-6-2-1-3-7-21)24(17-30(36)41-29)23-8-4-5-9-28(23)39-14-12-20-10-11-27-22(16-20)13-15-38-27/h1-11,16,18-19,24,35H,12-15,17H2. The van der Waals surface area contributed by atoms with Crippen molar-refractivity contribution in [2.24, 2.45) is 0 Å². The van der Waals surface area contributed by atoms with Crippen LogP contribution in [0.25, 0.3) is 22.1 Å². The van der Waals surface area contributed by atoms with Crippen LogP contribution in [0.5, 0.6) is 23.0 Å². The number of rotatable bonds is 6. The topological polar surface area (TPSA) is 95.2 Å². The second kappa shape index (κ2) is 10.2. The van der Waals surface area contributed by atoms with Crippen LogP contribution in [-0.4, -0.2) is 24.3 Å². The van der Waals surface area contributed by atoms with Gasteiger partial charge >= 0.3 is 5.97 Å². The summed E-state index contributed by atoms with van der Waals surface area (Å²) < 4.78 is 23.5. The molecule has 7 rings (SSSR count). The number of hydrogen-bond acceptors (Lipinski definition) is 7. The first-order valence-electron chi connectivity index (χ1n) is 13.6. The van der Waals surface area contributed by atoms with Gasteiger partial charge in [0.25, 0.3) is 0 Å². The number of hydrogen-bond donors (Lipinski definition) is 1. The van der Waals surface area contributed by atoms with Gasteiger partial charge in [0.1, 0.15) is 40.2 Å². The molecule has 0 radical (unpaired) electrons. The highest BCUT2D eigenvalue weighted by atomic mass is 16.5. The van der Waals surface area contributed by atoms with E-state index in [1.807, 2.05) is 60.7 Å². The Hall–Kier alpha value is -5.04. The molecule has 0 aliphatic carbocycles. The lowest BCUT2D eigenvalue weighted by atomic mass is 9.84. The largest absolute Gasteiger partial charge is 0.507 e. The Morgan fingerprint density at radius 3 is 2.63 bits per heavy atom. The van der Waals surface area contributed by atoms with Crippen molar-refractivity contribution in [1.29, 1.82) is 0 Å². The Morgan fingerprint density at radius 2 is 1.76 bits per heavy atom. The number of fused-ring (bicyclic) bond motifs is 4. The van der Waals surface area contributed by atoms with Gasteiger partial charge in [0.2, 0.25) is 5.43 Å². The number of aromatic hydroxyl groups is 1. The van der Waals surface area contributed by atoms with Crippen molar-refractivity contribution in [2.45, 2.75) is 25.2 Å². The number of carbonyl (C=O) groups is 1. The van der Waals surface area contributed by atoms with Gasteiger partial charge in [-0.15, -0.1) is 0 Å². The molecule has 204 valence electrons. The first kappa shape index (κ1) is 25.0. The van der Waals surface area contributed by atoms with Gasteiger partial charge in [-0.1, -0.05) is 60.7 Å². The van der Waals surface area contributed by atoms with E-state index in [2.05, 4.69) is 12.1 Å². The smallest absolute Gasteiger partial charge is 0.312 e. The maximum Gasteiger partial charge on any atom is 0.312 e. The monoisotopic (exact) mass is 546 g/mol. The van der Waals surface area contributed by atoms with Gasteiger partial charge in [0.15, 0.2) is 0 Å². The fourth-order valence-electron chi connectivity index (χ4n) is 5.79.